The van der Waals surface area contributed by atoms with Crippen LogP contribution in [0.15, 0.2) is 6.20 Å². The molecule has 1 fully saturated rings. The van der Waals surface area contributed by atoms with Crippen LogP contribution in [0.25, 0.3) is 0 Å². The number of hydrogen-bond donors (Lipinski definition) is 1. The van der Waals surface area contributed by atoms with Gasteiger partial charge in [-0.25, -0.2) is 0 Å². The Kier molecular flexibility index (Phi) is 4.74. The second kappa shape index (κ2) is 6.17. The summed E-state index contributed by atoms with van der Waals surface area (Å²) in [5.41, 5.74) is 1.59. The van der Waals surface area contributed by atoms with Gasteiger partial charge in [0.25, 0.3) is 0 Å². The molecule has 0 saturated heterocycles. The molecule has 4 heteroatoms. The summed E-state index contributed by atoms with van der Waals surface area (Å²) < 4.78 is 7.68. The molecular weight excluding hydrogens is 250 g/mol. The van der Waals surface area contributed by atoms with Crippen molar-refractivity contribution in [1.29, 1.82) is 0 Å². The number of aromatic nitrogens is 2. The molecule has 1 aromatic heterocycles. The highest BCUT2D eigenvalue weighted by molar-refractivity contribution is 5.29. The van der Waals surface area contributed by atoms with E-state index in [4.69, 9.17) is 4.74 Å². The number of nitrogens with one attached hydrogen (secondary N) is 1. The van der Waals surface area contributed by atoms with Crippen LogP contribution < -0.4 is 10.1 Å². The Morgan fingerprint density at radius 3 is 2.80 bits per heavy atom. The molecule has 0 aliphatic heterocycles. The van der Waals surface area contributed by atoms with Crippen molar-refractivity contribution in [2.75, 3.05) is 14.2 Å². The minimum atomic E-state index is 0.316. The first-order chi connectivity index (χ1) is 9.55. The van der Waals surface area contributed by atoms with Gasteiger partial charge in [0.15, 0.2) is 5.75 Å². The first-order valence-electron chi connectivity index (χ1n) is 7.82. The summed E-state index contributed by atoms with van der Waals surface area (Å²) >= 11 is 0. The van der Waals surface area contributed by atoms with Gasteiger partial charge in [-0.3, -0.25) is 4.68 Å². The molecule has 4 nitrogen and oxygen atoms in total. The zero-order valence-electron chi connectivity index (χ0n) is 13.6. The summed E-state index contributed by atoms with van der Waals surface area (Å²) in [7, 11) is 3.80. The van der Waals surface area contributed by atoms with Crippen molar-refractivity contribution in [3.05, 3.63) is 11.9 Å². The third-order valence-corrected chi connectivity index (χ3v) is 4.85. The van der Waals surface area contributed by atoms with Gasteiger partial charge in [0.1, 0.15) is 0 Å². The van der Waals surface area contributed by atoms with Crippen molar-refractivity contribution in [1.82, 2.24) is 15.1 Å². The van der Waals surface area contributed by atoms with E-state index >= 15 is 0 Å². The van der Waals surface area contributed by atoms with Gasteiger partial charge in [-0.1, -0.05) is 27.2 Å². The maximum Gasteiger partial charge on any atom is 0.161 e. The predicted molar refractivity (Wildman–Crippen MR) is 82.0 cm³/mol. The molecule has 2 atom stereocenters. The van der Waals surface area contributed by atoms with Gasteiger partial charge in [-0.05, 0) is 37.6 Å². The summed E-state index contributed by atoms with van der Waals surface area (Å²) in [6.45, 7) is 7.92. The van der Waals surface area contributed by atoms with Gasteiger partial charge < -0.3 is 10.1 Å². The van der Waals surface area contributed by atoms with E-state index in [1.54, 1.807) is 7.11 Å². The molecule has 20 heavy (non-hydrogen) atoms. The van der Waals surface area contributed by atoms with E-state index in [0.717, 1.165) is 18.7 Å². The summed E-state index contributed by atoms with van der Waals surface area (Å²) in [5.74, 6) is 1.55. The molecule has 1 aromatic rings. The summed E-state index contributed by atoms with van der Waals surface area (Å²) in [4.78, 5) is 0. The Morgan fingerprint density at radius 2 is 2.30 bits per heavy atom. The molecule has 1 aliphatic rings. The van der Waals surface area contributed by atoms with Crippen LogP contribution in [0.1, 0.15) is 58.2 Å². The largest absolute Gasteiger partial charge is 0.493 e. The zero-order valence-corrected chi connectivity index (χ0v) is 13.6. The lowest BCUT2D eigenvalue weighted by Crippen LogP contribution is -2.34. The lowest BCUT2D eigenvalue weighted by atomic mass is 9.76. The summed E-state index contributed by atoms with van der Waals surface area (Å²) in [6, 6.07) is 0.316. The van der Waals surface area contributed by atoms with Crippen molar-refractivity contribution >= 4 is 0 Å². The maximum atomic E-state index is 5.56. The average molecular weight is 279 g/mol. The first kappa shape index (κ1) is 15.4. The fraction of sp³-hybridized carbons (Fsp3) is 0.812. The van der Waals surface area contributed by atoms with Crippen LogP contribution >= 0.6 is 0 Å². The smallest absolute Gasteiger partial charge is 0.161 e. The quantitative estimate of drug-likeness (QED) is 0.867. The van der Waals surface area contributed by atoms with Gasteiger partial charge in [-0.2, -0.15) is 5.10 Å². The van der Waals surface area contributed by atoms with Crippen LogP contribution in [-0.4, -0.2) is 23.9 Å². The third-order valence-electron chi connectivity index (χ3n) is 4.85. The minimum absolute atomic E-state index is 0.316. The monoisotopic (exact) mass is 279 g/mol. The second-order valence-electron chi connectivity index (χ2n) is 6.57. The Morgan fingerprint density at radius 1 is 1.55 bits per heavy atom. The zero-order chi connectivity index (χ0) is 14.8. The van der Waals surface area contributed by atoms with Gasteiger partial charge in [0, 0.05) is 6.54 Å². The van der Waals surface area contributed by atoms with Gasteiger partial charge >= 0.3 is 0 Å². The molecule has 114 valence electrons. The summed E-state index contributed by atoms with van der Waals surface area (Å²) in [5, 5.41) is 8.05. The third kappa shape index (κ3) is 2.71. The Hall–Kier alpha value is -1.03. The van der Waals surface area contributed by atoms with E-state index in [-0.39, 0.29) is 0 Å². The maximum absolute atomic E-state index is 5.56. The highest BCUT2D eigenvalue weighted by atomic mass is 16.5. The minimum Gasteiger partial charge on any atom is -0.493 e. The van der Waals surface area contributed by atoms with Crippen LogP contribution in [0.2, 0.25) is 0 Å². The van der Waals surface area contributed by atoms with Gasteiger partial charge in [-0.15, -0.1) is 0 Å². The van der Waals surface area contributed by atoms with E-state index in [0.29, 0.717) is 17.4 Å². The van der Waals surface area contributed by atoms with E-state index < -0.39 is 0 Å². The van der Waals surface area contributed by atoms with Crippen LogP contribution in [0.5, 0.6) is 5.75 Å². The lowest BCUT2D eigenvalue weighted by molar-refractivity contribution is 0.194. The molecular formula is C16H29N3O. The van der Waals surface area contributed by atoms with Gasteiger partial charge in [0.05, 0.1) is 25.0 Å². The highest BCUT2D eigenvalue weighted by Crippen LogP contribution is 2.49. The molecule has 1 N–H and O–H groups in total. The molecule has 0 radical (unpaired) electrons. The van der Waals surface area contributed by atoms with E-state index in [1.807, 2.05) is 6.20 Å². The van der Waals surface area contributed by atoms with E-state index in [1.165, 1.54) is 25.0 Å². The lowest BCUT2D eigenvalue weighted by Gasteiger charge is -2.34. The number of hydrogen-bond acceptors (Lipinski definition) is 3. The Bertz CT molecular complexity index is 439. The Balaban J connectivity index is 2.38. The number of ether oxygens (including phenoxy) is 1. The SMILES string of the molecule is CCCn1ncc(OC)c1C(NC)C1CCCC1(C)C. The van der Waals surface area contributed by atoms with Crippen molar-refractivity contribution in [2.45, 2.75) is 59.0 Å². The van der Waals surface area contributed by atoms with E-state index in [9.17, 15) is 0 Å². The molecule has 2 rings (SSSR count). The molecule has 0 spiro atoms. The molecule has 2 unspecified atom stereocenters. The standard InChI is InChI=1S/C16H29N3O/c1-6-10-19-15(13(20-5)11-18-19)14(17-4)12-8-7-9-16(12,2)3/h11-12,14,17H,6-10H2,1-5H3. The number of rotatable bonds is 6. The fourth-order valence-electron chi connectivity index (χ4n) is 3.74. The van der Waals surface area contributed by atoms with Crippen LogP contribution in [0, 0.1) is 11.3 Å². The fourth-order valence-corrected chi connectivity index (χ4v) is 3.74. The molecule has 0 aromatic carbocycles. The Labute approximate surface area is 122 Å². The molecule has 1 aliphatic carbocycles. The molecule has 0 bridgehead atoms. The number of methoxy groups -OCH3 is 1. The number of aryl methyl sites for hydroxylation is 1. The number of nitrogens with zero attached hydrogens (tertiary/aromatic N) is 2. The van der Waals surface area contributed by atoms with E-state index in [2.05, 4.69) is 42.9 Å². The van der Waals surface area contributed by atoms with Crippen LogP contribution in [0.4, 0.5) is 0 Å². The van der Waals surface area contributed by atoms with Crippen molar-refractivity contribution < 1.29 is 4.74 Å². The molecule has 0 amide bonds. The normalized spacial score (nSPS) is 22.9. The molecule has 1 saturated carbocycles. The highest BCUT2D eigenvalue weighted by Gasteiger charge is 2.41. The van der Waals surface area contributed by atoms with Crippen molar-refractivity contribution in [2.24, 2.45) is 11.3 Å². The second-order valence-corrected chi connectivity index (χ2v) is 6.57. The van der Waals surface area contributed by atoms with Gasteiger partial charge in [0.2, 0.25) is 0 Å². The summed E-state index contributed by atoms with van der Waals surface area (Å²) in [6.07, 6.45) is 6.85. The predicted octanol–water partition coefficient (Wildman–Crippen LogP) is 3.39. The van der Waals surface area contributed by atoms with Crippen molar-refractivity contribution in [3.8, 4) is 5.75 Å². The topological polar surface area (TPSA) is 39.1 Å². The van der Waals surface area contributed by atoms with Crippen molar-refractivity contribution in [3.63, 3.8) is 0 Å². The average Bonchev–Trinajstić information content (AvgIpc) is 2.96. The molecule has 1 heterocycles. The van der Waals surface area contributed by atoms with Crippen LogP contribution in [0.3, 0.4) is 0 Å². The first-order valence-corrected chi connectivity index (χ1v) is 7.82. The van der Waals surface area contributed by atoms with Crippen LogP contribution in [-0.2, 0) is 6.54 Å².